The lowest BCUT2D eigenvalue weighted by atomic mass is 10.3. The van der Waals surface area contributed by atoms with Crippen LogP contribution < -0.4 is 10.1 Å². The van der Waals surface area contributed by atoms with Gasteiger partial charge < -0.3 is 10.1 Å². The highest BCUT2D eigenvalue weighted by Crippen LogP contribution is 2.11. The van der Waals surface area contributed by atoms with Gasteiger partial charge in [0.25, 0.3) is 5.91 Å². The van der Waals surface area contributed by atoms with Gasteiger partial charge in [-0.05, 0) is 12.1 Å². The molecule has 0 atom stereocenters. The van der Waals surface area contributed by atoms with Crippen molar-refractivity contribution in [2.45, 2.75) is 0 Å². The van der Waals surface area contributed by atoms with Crippen molar-refractivity contribution in [1.29, 1.82) is 0 Å². The highest BCUT2D eigenvalue weighted by atomic mass is 16.5. The number of nitrogens with one attached hydrogen (secondary N) is 1. The Bertz CT molecular complexity index is 789. The number of ether oxygens (including phenoxy) is 1. The Morgan fingerprint density at radius 1 is 1.05 bits per heavy atom. The molecule has 1 aromatic carbocycles. The number of benzene rings is 1. The van der Waals surface area contributed by atoms with Crippen LogP contribution in [-0.2, 0) is 0 Å². The Balaban J connectivity index is 1.82. The predicted molar refractivity (Wildman–Crippen MR) is 76.1 cm³/mol. The number of fused-ring (bicyclic) bond motifs is 1. The van der Waals surface area contributed by atoms with Crippen LogP contribution in [-0.4, -0.2) is 33.0 Å². The van der Waals surface area contributed by atoms with Gasteiger partial charge in [-0.2, -0.15) is 0 Å². The standard InChI is InChI=1S/C14H11N5O2/c1-21-14-16-6-9(7-17-14)18-13(20)12-8-15-10-4-2-3-5-11(10)19-12/h2-8H,1H3,(H,18,20). The van der Waals surface area contributed by atoms with Crippen molar-refractivity contribution in [3.05, 3.63) is 48.5 Å². The van der Waals surface area contributed by atoms with Crippen LogP contribution in [0.3, 0.4) is 0 Å². The van der Waals surface area contributed by atoms with Gasteiger partial charge in [-0.15, -0.1) is 0 Å². The third-order valence-corrected chi connectivity index (χ3v) is 2.75. The van der Waals surface area contributed by atoms with Crippen molar-refractivity contribution < 1.29 is 9.53 Å². The van der Waals surface area contributed by atoms with Gasteiger partial charge in [0.1, 0.15) is 5.69 Å². The maximum absolute atomic E-state index is 12.1. The summed E-state index contributed by atoms with van der Waals surface area (Å²) in [5.41, 5.74) is 2.08. The second-order valence-electron chi connectivity index (χ2n) is 4.16. The Hall–Kier alpha value is -3.09. The summed E-state index contributed by atoms with van der Waals surface area (Å²) in [6, 6.07) is 7.58. The summed E-state index contributed by atoms with van der Waals surface area (Å²) in [7, 11) is 1.47. The van der Waals surface area contributed by atoms with Crippen LogP contribution in [0.2, 0.25) is 0 Å². The minimum Gasteiger partial charge on any atom is -0.467 e. The monoisotopic (exact) mass is 281 g/mol. The molecule has 1 amide bonds. The maximum atomic E-state index is 12.1. The predicted octanol–water partition coefficient (Wildman–Crippen LogP) is 1.68. The van der Waals surface area contributed by atoms with Gasteiger partial charge in [-0.25, -0.2) is 15.0 Å². The van der Waals surface area contributed by atoms with E-state index in [0.29, 0.717) is 11.2 Å². The molecule has 2 heterocycles. The van der Waals surface area contributed by atoms with Crippen LogP contribution in [0.15, 0.2) is 42.9 Å². The molecule has 0 radical (unpaired) electrons. The van der Waals surface area contributed by atoms with E-state index in [1.807, 2.05) is 18.2 Å². The average Bonchev–Trinajstić information content (AvgIpc) is 2.55. The molecule has 7 heteroatoms. The Morgan fingerprint density at radius 3 is 2.48 bits per heavy atom. The molecule has 0 saturated heterocycles. The second kappa shape index (κ2) is 5.49. The molecule has 3 rings (SSSR count). The fourth-order valence-corrected chi connectivity index (χ4v) is 1.75. The molecule has 0 fully saturated rings. The summed E-state index contributed by atoms with van der Waals surface area (Å²) in [6.45, 7) is 0. The third-order valence-electron chi connectivity index (χ3n) is 2.75. The lowest BCUT2D eigenvalue weighted by molar-refractivity contribution is 0.102. The molecule has 0 aliphatic rings. The number of anilines is 1. The zero-order valence-corrected chi connectivity index (χ0v) is 11.1. The molecule has 1 N–H and O–H groups in total. The zero-order valence-electron chi connectivity index (χ0n) is 11.1. The number of amides is 1. The van der Waals surface area contributed by atoms with Crippen LogP contribution in [0.4, 0.5) is 5.69 Å². The lowest BCUT2D eigenvalue weighted by Gasteiger charge is -2.05. The van der Waals surface area contributed by atoms with Gasteiger partial charge in [0.2, 0.25) is 0 Å². The van der Waals surface area contributed by atoms with Crippen molar-refractivity contribution in [1.82, 2.24) is 19.9 Å². The molecule has 0 aliphatic heterocycles. The van der Waals surface area contributed by atoms with Gasteiger partial charge in [0.05, 0.1) is 42.4 Å². The fourth-order valence-electron chi connectivity index (χ4n) is 1.75. The zero-order chi connectivity index (χ0) is 14.7. The van der Waals surface area contributed by atoms with Crippen LogP contribution in [0.1, 0.15) is 10.5 Å². The molecule has 104 valence electrons. The highest BCUT2D eigenvalue weighted by Gasteiger charge is 2.10. The molecule has 7 nitrogen and oxygen atoms in total. The van der Waals surface area contributed by atoms with E-state index in [4.69, 9.17) is 4.74 Å². The number of carbonyl (C=O) groups is 1. The first-order chi connectivity index (χ1) is 10.3. The minimum atomic E-state index is -0.373. The second-order valence-corrected chi connectivity index (χ2v) is 4.16. The van der Waals surface area contributed by atoms with Crippen LogP contribution in [0.5, 0.6) is 6.01 Å². The molecule has 0 bridgehead atoms. The molecule has 3 aromatic rings. The summed E-state index contributed by atoms with van der Waals surface area (Å²) >= 11 is 0. The van der Waals surface area contributed by atoms with Gasteiger partial charge in [0.15, 0.2) is 0 Å². The van der Waals surface area contributed by atoms with E-state index in [9.17, 15) is 4.79 Å². The first-order valence-electron chi connectivity index (χ1n) is 6.15. The Labute approximate surface area is 120 Å². The highest BCUT2D eigenvalue weighted by molar-refractivity contribution is 6.03. The Morgan fingerprint density at radius 2 is 1.76 bits per heavy atom. The first-order valence-corrected chi connectivity index (χ1v) is 6.15. The normalized spacial score (nSPS) is 10.3. The van der Waals surface area contributed by atoms with E-state index in [1.165, 1.54) is 25.7 Å². The maximum Gasteiger partial charge on any atom is 0.316 e. The molecular formula is C14H11N5O2. The SMILES string of the molecule is COc1ncc(NC(=O)c2cnc3ccccc3n2)cn1. The molecule has 0 spiro atoms. The van der Waals surface area contributed by atoms with Crippen molar-refractivity contribution in [3.8, 4) is 6.01 Å². The number of hydrogen-bond acceptors (Lipinski definition) is 6. The van der Waals surface area contributed by atoms with E-state index >= 15 is 0 Å². The molecule has 0 unspecified atom stereocenters. The fraction of sp³-hybridized carbons (Fsp3) is 0.0714. The van der Waals surface area contributed by atoms with Crippen LogP contribution in [0.25, 0.3) is 11.0 Å². The van der Waals surface area contributed by atoms with E-state index in [2.05, 4.69) is 25.3 Å². The number of rotatable bonds is 3. The smallest absolute Gasteiger partial charge is 0.316 e. The number of hydrogen-bond donors (Lipinski definition) is 1. The topological polar surface area (TPSA) is 89.9 Å². The van der Waals surface area contributed by atoms with E-state index in [0.717, 1.165) is 5.52 Å². The van der Waals surface area contributed by atoms with E-state index < -0.39 is 0 Å². The molecular weight excluding hydrogens is 270 g/mol. The molecule has 0 aliphatic carbocycles. The number of para-hydroxylation sites is 2. The summed E-state index contributed by atoms with van der Waals surface area (Å²) < 4.78 is 4.85. The number of carbonyl (C=O) groups excluding carboxylic acids is 1. The van der Waals surface area contributed by atoms with E-state index in [1.54, 1.807) is 6.07 Å². The first kappa shape index (κ1) is 12.9. The van der Waals surface area contributed by atoms with Crippen LogP contribution in [0, 0.1) is 0 Å². The lowest BCUT2D eigenvalue weighted by Crippen LogP contribution is -2.14. The summed E-state index contributed by atoms with van der Waals surface area (Å²) in [6.07, 6.45) is 4.35. The largest absolute Gasteiger partial charge is 0.467 e. The van der Waals surface area contributed by atoms with Crippen molar-refractivity contribution in [3.63, 3.8) is 0 Å². The number of aromatic nitrogens is 4. The van der Waals surface area contributed by atoms with Gasteiger partial charge in [-0.3, -0.25) is 9.78 Å². The van der Waals surface area contributed by atoms with Crippen LogP contribution >= 0.6 is 0 Å². The van der Waals surface area contributed by atoms with Crippen molar-refractivity contribution in [2.24, 2.45) is 0 Å². The average molecular weight is 281 g/mol. The summed E-state index contributed by atoms with van der Waals surface area (Å²) in [5, 5.41) is 2.65. The van der Waals surface area contributed by atoms with Crippen molar-refractivity contribution >= 4 is 22.6 Å². The minimum absolute atomic E-state index is 0.226. The number of methoxy groups -OCH3 is 1. The van der Waals surface area contributed by atoms with Crippen molar-refractivity contribution in [2.75, 3.05) is 12.4 Å². The van der Waals surface area contributed by atoms with E-state index in [-0.39, 0.29) is 17.6 Å². The molecule has 2 aromatic heterocycles. The van der Waals surface area contributed by atoms with Gasteiger partial charge in [0, 0.05) is 0 Å². The molecule has 0 saturated carbocycles. The third kappa shape index (κ3) is 2.76. The summed E-state index contributed by atoms with van der Waals surface area (Å²) in [4.78, 5) is 28.4. The van der Waals surface area contributed by atoms with Gasteiger partial charge >= 0.3 is 6.01 Å². The van der Waals surface area contributed by atoms with Gasteiger partial charge in [-0.1, -0.05) is 12.1 Å². The quantitative estimate of drug-likeness (QED) is 0.785. The molecule has 21 heavy (non-hydrogen) atoms. The Kier molecular flexibility index (Phi) is 3.38. The summed E-state index contributed by atoms with van der Waals surface area (Å²) in [5.74, 6) is -0.373. The number of nitrogens with zero attached hydrogens (tertiary/aromatic N) is 4.